The first-order valence-corrected chi connectivity index (χ1v) is 14.1. The highest BCUT2D eigenvalue weighted by atomic mass is 16.5. The highest BCUT2D eigenvalue weighted by Crippen LogP contribution is 2.76. The van der Waals surface area contributed by atoms with Gasteiger partial charge in [0.25, 0.3) is 0 Å². The number of fused-ring (bicyclic) bond motifs is 7. The molecule has 0 aliphatic heterocycles. The molecule has 4 saturated carbocycles. The molecule has 5 aliphatic rings. The Hall–Kier alpha value is -0.910. The third-order valence-electron chi connectivity index (χ3n) is 13.6. The van der Waals surface area contributed by atoms with Crippen LogP contribution in [0.5, 0.6) is 0 Å². The van der Waals surface area contributed by atoms with Gasteiger partial charge in [0.15, 0.2) is 5.79 Å². The van der Waals surface area contributed by atoms with Crippen molar-refractivity contribution in [3.8, 4) is 0 Å². The molecule has 5 rings (SSSR count). The van der Waals surface area contributed by atoms with Crippen molar-refractivity contribution in [1.29, 1.82) is 0 Å². The molecule has 0 heterocycles. The third-order valence-corrected chi connectivity index (χ3v) is 13.6. The summed E-state index contributed by atoms with van der Waals surface area (Å²) >= 11 is 0. The molecule has 0 aromatic heterocycles. The number of carbonyl (C=O) groups is 1. The van der Waals surface area contributed by atoms with E-state index in [2.05, 4.69) is 40.7 Å². The molecule has 0 amide bonds. The highest BCUT2D eigenvalue weighted by molar-refractivity contribution is 5.76. The number of rotatable bonds is 1. The fraction of sp³-hybridized carbons (Fsp3) is 0.900. The molecule has 5 nitrogen and oxygen atoms in total. The molecular weight excluding hydrogens is 440 g/mol. The molecule has 0 bridgehead atoms. The normalized spacial score (nSPS) is 54.4. The average molecular weight is 489 g/mol. The number of carboxylic acid groups (broad SMARTS) is 1. The van der Waals surface area contributed by atoms with Crippen LogP contribution in [0, 0.1) is 56.7 Å². The minimum Gasteiger partial charge on any atom is -0.481 e. The van der Waals surface area contributed by atoms with Crippen molar-refractivity contribution < 1.29 is 25.2 Å². The Labute approximate surface area is 211 Å². The second kappa shape index (κ2) is 7.35. The first-order valence-electron chi connectivity index (χ1n) is 14.1. The van der Waals surface area contributed by atoms with Gasteiger partial charge in [-0.05, 0) is 97.2 Å². The zero-order chi connectivity index (χ0) is 26.0. The lowest BCUT2D eigenvalue weighted by molar-refractivity contribution is -0.351. The third kappa shape index (κ3) is 2.84. The summed E-state index contributed by atoms with van der Waals surface area (Å²) < 4.78 is 0. The molecule has 5 heteroatoms. The molecule has 0 saturated heterocycles. The van der Waals surface area contributed by atoms with Gasteiger partial charge in [-0.3, -0.25) is 4.79 Å². The van der Waals surface area contributed by atoms with Gasteiger partial charge in [0.1, 0.15) is 6.10 Å². The van der Waals surface area contributed by atoms with Crippen LogP contribution in [0.3, 0.4) is 0 Å². The SMILES string of the molecule is C[C@H]1[C@H](C)CC[C@]2(C(=O)O)CC[C@]3(C)C(=CC[C@@H]4[C@@]5(C)C[C@@H](O)C(O)(O)C(C)(C)C5CC[C@]43C)[C@H]12. The van der Waals surface area contributed by atoms with Gasteiger partial charge in [0.05, 0.1) is 5.41 Å². The van der Waals surface area contributed by atoms with Crippen molar-refractivity contribution in [2.24, 2.45) is 56.7 Å². The topological polar surface area (TPSA) is 98.0 Å². The Balaban J connectivity index is 1.62. The fourth-order valence-corrected chi connectivity index (χ4v) is 10.9. The monoisotopic (exact) mass is 488 g/mol. The summed E-state index contributed by atoms with van der Waals surface area (Å²) in [6.45, 7) is 15.6. The number of hydrogen-bond donors (Lipinski definition) is 4. The molecule has 198 valence electrons. The molecule has 4 fully saturated rings. The van der Waals surface area contributed by atoms with Crippen molar-refractivity contribution in [3.63, 3.8) is 0 Å². The highest BCUT2D eigenvalue weighted by Gasteiger charge is 2.72. The number of allylic oxidation sites excluding steroid dienone is 2. The van der Waals surface area contributed by atoms with Crippen LogP contribution in [0.2, 0.25) is 0 Å². The summed E-state index contributed by atoms with van der Waals surface area (Å²) in [5, 5.41) is 43.4. The average Bonchev–Trinajstić information content (AvgIpc) is 2.75. The van der Waals surface area contributed by atoms with Gasteiger partial charge in [0.2, 0.25) is 0 Å². The Morgan fingerprint density at radius 2 is 1.60 bits per heavy atom. The van der Waals surface area contributed by atoms with Crippen LogP contribution in [0.1, 0.15) is 99.8 Å². The van der Waals surface area contributed by atoms with Gasteiger partial charge in [-0.1, -0.05) is 60.1 Å². The van der Waals surface area contributed by atoms with E-state index in [9.17, 15) is 25.2 Å². The summed E-state index contributed by atoms with van der Waals surface area (Å²) in [6, 6.07) is 0. The first kappa shape index (κ1) is 25.7. The lowest BCUT2D eigenvalue weighted by Gasteiger charge is -2.72. The quantitative estimate of drug-likeness (QED) is 0.293. The smallest absolute Gasteiger partial charge is 0.310 e. The molecule has 0 aromatic carbocycles. The Morgan fingerprint density at radius 3 is 2.23 bits per heavy atom. The van der Waals surface area contributed by atoms with E-state index in [-0.39, 0.29) is 28.1 Å². The maximum absolute atomic E-state index is 12.8. The maximum Gasteiger partial charge on any atom is 0.310 e. The minimum atomic E-state index is -2.09. The van der Waals surface area contributed by atoms with Crippen LogP contribution < -0.4 is 0 Å². The van der Waals surface area contributed by atoms with E-state index >= 15 is 0 Å². The summed E-state index contributed by atoms with van der Waals surface area (Å²) in [5.41, 5.74) is -0.375. The molecule has 4 N–H and O–H groups in total. The van der Waals surface area contributed by atoms with E-state index in [1.54, 1.807) is 0 Å². The maximum atomic E-state index is 12.8. The molecule has 0 aromatic rings. The van der Waals surface area contributed by atoms with Crippen LogP contribution in [0.15, 0.2) is 11.6 Å². The standard InChI is InChI=1S/C30H48O5/c1-17-10-13-29(24(32)33)15-14-27(6)19(23(29)18(17)2)8-9-21-26(5)16-22(31)30(34,35)25(3,4)20(26)11-12-28(21,27)7/h8,17-18,20-23,31,34-35H,9-16H2,1-7H3,(H,32,33)/t17-,18+,20?,21-,22-,23+,26+,27-,28-,29+/m1/s1. The molecule has 0 spiro atoms. The predicted molar refractivity (Wildman–Crippen MR) is 135 cm³/mol. The van der Waals surface area contributed by atoms with Gasteiger partial charge in [-0.25, -0.2) is 0 Å². The molecular formula is C30H48O5. The lowest BCUT2D eigenvalue weighted by atomic mass is 9.33. The van der Waals surface area contributed by atoms with Crippen LogP contribution in [-0.2, 0) is 4.79 Å². The predicted octanol–water partition coefficient (Wildman–Crippen LogP) is 5.38. The number of hydrogen-bond acceptors (Lipinski definition) is 4. The zero-order valence-electron chi connectivity index (χ0n) is 22.9. The summed E-state index contributed by atoms with van der Waals surface area (Å²) in [5.74, 6) is -1.34. The number of aliphatic hydroxyl groups excluding tert-OH is 1. The van der Waals surface area contributed by atoms with E-state index in [4.69, 9.17) is 0 Å². The Kier molecular flexibility index (Phi) is 5.40. The molecule has 5 aliphatic carbocycles. The van der Waals surface area contributed by atoms with Crippen molar-refractivity contribution in [2.75, 3.05) is 0 Å². The minimum absolute atomic E-state index is 0.0197. The van der Waals surface area contributed by atoms with Crippen LogP contribution in [0.25, 0.3) is 0 Å². The van der Waals surface area contributed by atoms with Crippen LogP contribution >= 0.6 is 0 Å². The fourth-order valence-electron chi connectivity index (χ4n) is 10.9. The lowest BCUT2D eigenvalue weighted by Crippen LogP contribution is -2.71. The van der Waals surface area contributed by atoms with Crippen molar-refractivity contribution in [3.05, 3.63) is 11.6 Å². The molecule has 0 radical (unpaired) electrons. The Bertz CT molecular complexity index is 952. The molecule has 35 heavy (non-hydrogen) atoms. The van der Waals surface area contributed by atoms with Gasteiger partial charge < -0.3 is 20.4 Å². The first-order chi connectivity index (χ1) is 16.0. The van der Waals surface area contributed by atoms with Crippen molar-refractivity contribution in [1.82, 2.24) is 0 Å². The largest absolute Gasteiger partial charge is 0.481 e. The summed E-state index contributed by atoms with van der Waals surface area (Å²) in [7, 11) is 0. The van der Waals surface area contributed by atoms with Gasteiger partial charge in [-0.15, -0.1) is 0 Å². The second-order valence-corrected chi connectivity index (χ2v) is 14.8. The summed E-state index contributed by atoms with van der Waals surface area (Å²) in [6.07, 6.45) is 7.83. The van der Waals surface area contributed by atoms with E-state index in [1.807, 2.05) is 13.8 Å². The van der Waals surface area contributed by atoms with Crippen LogP contribution in [-0.4, -0.2) is 38.3 Å². The van der Waals surface area contributed by atoms with E-state index in [0.29, 0.717) is 24.2 Å². The van der Waals surface area contributed by atoms with Crippen molar-refractivity contribution in [2.45, 2.75) is 112 Å². The van der Waals surface area contributed by atoms with E-state index in [0.717, 1.165) is 44.9 Å². The number of aliphatic carboxylic acids is 1. The molecule has 10 atom stereocenters. The Morgan fingerprint density at radius 1 is 0.943 bits per heavy atom. The molecule has 1 unspecified atom stereocenters. The second-order valence-electron chi connectivity index (χ2n) is 14.8. The van der Waals surface area contributed by atoms with Gasteiger partial charge in [0, 0.05) is 5.41 Å². The van der Waals surface area contributed by atoms with E-state index < -0.39 is 28.7 Å². The number of carboxylic acids is 1. The van der Waals surface area contributed by atoms with E-state index in [1.165, 1.54) is 5.57 Å². The number of aliphatic hydroxyl groups is 3. The summed E-state index contributed by atoms with van der Waals surface area (Å²) in [4.78, 5) is 12.8. The van der Waals surface area contributed by atoms with Crippen molar-refractivity contribution >= 4 is 5.97 Å². The zero-order valence-corrected chi connectivity index (χ0v) is 22.9. The van der Waals surface area contributed by atoms with Gasteiger partial charge in [-0.2, -0.15) is 0 Å². The van der Waals surface area contributed by atoms with Gasteiger partial charge >= 0.3 is 5.97 Å². The van der Waals surface area contributed by atoms with Crippen LogP contribution in [0.4, 0.5) is 0 Å².